The molecular weight excluding hydrogens is 270 g/mol. The number of rotatable bonds is 7. The van der Waals surface area contributed by atoms with Crippen molar-refractivity contribution in [1.82, 2.24) is 16.0 Å². The number of benzene rings is 1. The summed E-state index contributed by atoms with van der Waals surface area (Å²) in [5.74, 6) is -0.163. The first kappa shape index (κ1) is 15.3. The first-order chi connectivity index (χ1) is 10.2. The zero-order valence-corrected chi connectivity index (χ0v) is 12.1. The van der Waals surface area contributed by atoms with E-state index in [2.05, 4.69) is 16.0 Å². The molecule has 1 aromatic rings. The highest BCUT2D eigenvalue weighted by Gasteiger charge is 2.26. The second-order valence-corrected chi connectivity index (χ2v) is 4.98. The predicted octanol–water partition coefficient (Wildman–Crippen LogP) is 0.952. The van der Waals surface area contributed by atoms with Crippen LogP contribution in [-0.4, -0.2) is 37.7 Å². The third-order valence-corrected chi connectivity index (χ3v) is 3.35. The summed E-state index contributed by atoms with van der Waals surface area (Å²) in [6.45, 7) is 3.46. The molecule has 6 nitrogen and oxygen atoms in total. The lowest BCUT2D eigenvalue weighted by molar-refractivity contribution is -0.122. The lowest BCUT2D eigenvalue weighted by Gasteiger charge is -2.14. The molecule has 0 saturated carbocycles. The van der Waals surface area contributed by atoms with E-state index in [4.69, 9.17) is 4.74 Å². The van der Waals surface area contributed by atoms with Crippen LogP contribution in [0.25, 0.3) is 0 Å². The number of carbonyl (C=O) groups is 2. The molecule has 0 aliphatic carbocycles. The maximum Gasteiger partial charge on any atom is 0.315 e. The second-order valence-electron chi connectivity index (χ2n) is 4.98. The fourth-order valence-corrected chi connectivity index (χ4v) is 2.10. The molecule has 2 atom stereocenters. The Morgan fingerprint density at radius 2 is 2.19 bits per heavy atom. The Bertz CT molecular complexity index is 478. The molecule has 3 N–H and O–H groups in total. The number of hydrogen-bond donors (Lipinski definition) is 3. The third-order valence-electron chi connectivity index (χ3n) is 3.35. The zero-order chi connectivity index (χ0) is 15.1. The summed E-state index contributed by atoms with van der Waals surface area (Å²) in [5.41, 5.74) is 1.14. The minimum Gasteiger partial charge on any atom is -0.374 e. The molecule has 2 rings (SSSR count). The highest BCUT2D eigenvalue weighted by Crippen LogP contribution is 2.15. The summed E-state index contributed by atoms with van der Waals surface area (Å²) in [6, 6.07) is 9.24. The van der Waals surface area contributed by atoms with Crippen LogP contribution in [0.3, 0.4) is 0 Å². The smallest absolute Gasteiger partial charge is 0.315 e. The molecule has 0 radical (unpaired) electrons. The van der Waals surface area contributed by atoms with Gasteiger partial charge in [0.25, 0.3) is 0 Å². The molecule has 114 valence electrons. The number of carbonyl (C=O) groups excluding carboxylic acids is 2. The van der Waals surface area contributed by atoms with Gasteiger partial charge in [0.1, 0.15) is 6.04 Å². The van der Waals surface area contributed by atoms with Gasteiger partial charge in [0.2, 0.25) is 5.91 Å². The van der Waals surface area contributed by atoms with Gasteiger partial charge in [-0.1, -0.05) is 30.3 Å². The first-order valence-corrected chi connectivity index (χ1v) is 7.15. The van der Waals surface area contributed by atoms with E-state index in [1.54, 1.807) is 0 Å². The number of amides is 3. The molecule has 1 fully saturated rings. The molecule has 0 spiro atoms. The molecule has 3 amide bonds. The van der Waals surface area contributed by atoms with Crippen LogP contribution in [0.2, 0.25) is 0 Å². The quantitative estimate of drug-likeness (QED) is 0.654. The average Bonchev–Trinajstić information content (AvgIpc) is 2.94. The molecular formula is C15H21N3O3. The SMILES string of the molecule is C[C@H](OCCCNC(=O)[C@H]1CNC(=O)N1)c1ccccc1. The van der Waals surface area contributed by atoms with E-state index in [1.807, 2.05) is 37.3 Å². The van der Waals surface area contributed by atoms with Crippen LogP contribution >= 0.6 is 0 Å². The summed E-state index contributed by atoms with van der Waals surface area (Å²) in [4.78, 5) is 22.6. The van der Waals surface area contributed by atoms with Crippen molar-refractivity contribution in [1.29, 1.82) is 0 Å². The van der Waals surface area contributed by atoms with Gasteiger partial charge >= 0.3 is 6.03 Å². The van der Waals surface area contributed by atoms with Gasteiger partial charge in [0.15, 0.2) is 0 Å². The Morgan fingerprint density at radius 3 is 2.86 bits per heavy atom. The number of ether oxygens (including phenoxy) is 1. The maximum absolute atomic E-state index is 11.7. The Balaban J connectivity index is 1.58. The van der Waals surface area contributed by atoms with Crippen molar-refractivity contribution in [2.24, 2.45) is 0 Å². The van der Waals surface area contributed by atoms with Crippen LogP contribution < -0.4 is 16.0 Å². The lowest BCUT2D eigenvalue weighted by atomic mass is 10.1. The van der Waals surface area contributed by atoms with Gasteiger partial charge < -0.3 is 20.7 Å². The normalized spacial score (nSPS) is 18.7. The molecule has 21 heavy (non-hydrogen) atoms. The summed E-state index contributed by atoms with van der Waals surface area (Å²) >= 11 is 0. The van der Waals surface area contributed by atoms with Crippen molar-refractivity contribution in [3.8, 4) is 0 Å². The van der Waals surface area contributed by atoms with Gasteiger partial charge in [0, 0.05) is 19.7 Å². The maximum atomic E-state index is 11.7. The molecule has 0 unspecified atom stereocenters. The Labute approximate surface area is 124 Å². The molecule has 1 aliphatic heterocycles. The molecule has 1 saturated heterocycles. The van der Waals surface area contributed by atoms with Gasteiger partial charge in [-0.25, -0.2) is 4.79 Å². The van der Waals surface area contributed by atoms with E-state index in [-0.39, 0.29) is 18.0 Å². The van der Waals surface area contributed by atoms with Gasteiger partial charge in [-0.2, -0.15) is 0 Å². The monoisotopic (exact) mass is 291 g/mol. The third kappa shape index (κ3) is 4.75. The highest BCUT2D eigenvalue weighted by atomic mass is 16.5. The molecule has 0 bridgehead atoms. The van der Waals surface area contributed by atoms with Crippen molar-refractivity contribution < 1.29 is 14.3 Å². The van der Waals surface area contributed by atoms with Crippen LogP contribution in [-0.2, 0) is 9.53 Å². The molecule has 6 heteroatoms. The molecule has 0 aromatic heterocycles. The Morgan fingerprint density at radius 1 is 1.43 bits per heavy atom. The number of urea groups is 1. The summed E-state index contributed by atoms with van der Waals surface area (Å²) in [6.07, 6.45) is 0.775. The minimum absolute atomic E-state index is 0.0419. The lowest BCUT2D eigenvalue weighted by Crippen LogP contribution is -2.43. The fraction of sp³-hybridized carbons (Fsp3) is 0.467. The van der Waals surface area contributed by atoms with Crippen LogP contribution in [0.4, 0.5) is 4.79 Å². The van der Waals surface area contributed by atoms with E-state index in [0.717, 1.165) is 12.0 Å². The summed E-state index contributed by atoms with van der Waals surface area (Å²) in [5, 5.41) is 7.88. The second kappa shape index (κ2) is 7.64. The molecule has 1 aromatic carbocycles. The van der Waals surface area contributed by atoms with Gasteiger partial charge in [0.05, 0.1) is 6.10 Å². The summed E-state index contributed by atoms with van der Waals surface area (Å²) in [7, 11) is 0. The van der Waals surface area contributed by atoms with Crippen molar-refractivity contribution >= 4 is 11.9 Å². The van der Waals surface area contributed by atoms with E-state index in [1.165, 1.54) is 0 Å². The molecule has 1 aliphatic rings. The Hall–Kier alpha value is -2.08. The van der Waals surface area contributed by atoms with Crippen molar-refractivity contribution in [2.75, 3.05) is 19.7 Å². The minimum atomic E-state index is -0.471. The van der Waals surface area contributed by atoms with Gasteiger partial charge in [-0.3, -0.25) is 4.79 Å². The Kier molecular flexibility index (Phi) is 5.57. The van der Waals surface area contributed by atoms with Crippen molar-refractivity contribution in [3.05, 3.63) is 35.9 Å². The largest absolute Gasteiger partial charge is 0.374 e. The topological polar surface area (TPSA) is 79.5 Å². The van der Waals surface area contributed by atoms with Gasteiger partial charge in [-0.15, -0.1) is 0 Å². The van der Waals surface area contributed by atoms with Crippen molar-refractivity contribution in [2.45, 2.75) is 25.5 Å². The fourth-order valence-electron chi connectivity index (χ4n) is 2.10. The van der Waals surface area contributed by atoms with E-state index in [0.29, 0.717) is 19.7 Å². The average molecular weight is 291 g/mol. The van der Waals surface area contributed by atoms with Crippen LogP contribution in [0, 0.1) is 0 Å². The van der Waals surface area contributed by atoms with Crippen LogP contribution in [0.1, 0.15) is 25.0 Å². The first-order valence-electron chi connectivity index (χ1n) is 7.15. The van der Waals surface area contributed by atoms with Crippen molar-refractivity contribution in [3.63, 3.8) is 0 Å². The van der Waals surface area contributed by atoms with E-state index < -0.39 is 6.04 Å². The standard InChI is InChI=1S/C15H21N3O3/c1-11(12-6-3-2-4-7-12)21-9-5-8-16-14(19)13-10-17-15(20)18-13/h2-4,6-7,11,13H,5,8-10H2,1H3,(H,16,19)(H2,17,18,20)/t11-,13+/m0/s1. The predicted molar refractivity (Wildman–Crippen MR) is 78.8 cm³/mol. The number of hydrogen-bond acceptors (Lipinski definition) is 3. The molecule has 1 heterocycles. The van der Waals surface area contributed by atoms with E-state index in [9.17, 15) is 9.59 Å². The zero-order valence-electron chi connectivity index (χ0n) is 12.1. The highest BCUT2D eigenvalue weighted by molar-refractivity contribution is 5.90. The number of nitrogens with one attached hydrogen (secondary N) is 3. The van der Waals surface area contributed by atoms with Gasteiger partial charge in [-0.05, 0) is 18.9 Å². The summed E-state index contributed by atoms with van der Waals surface area (Å²) < 4.78 is 5.72. The van der Waals surface area contributed by atoms with Crippen LogP contribution in [0.15, 0.2) is 30.3 Å². The van der Waals surface area contributed by atoms with Crippen LogP contribution in [0.5, 0.6) is 0 Å². The van der Waals surface area contributed by atoms with E-state index >= 15 is 0 Å².